The summed E-state index contributed by atoms with van der Waals surface area (Å²) >= 11 is 0. The van der Waals surface area contributed by atoms with E-state index in [1.165, 1.54) is 0 Å². The molecule has 1 aliphatic rings. The van der Waals surface area contributed by atoms with Gasteiger partial charge in [0.2, 0.25) is 5.91 Å². The lowest BCUT2D eigenvalue weighted by atomic mass is 9.85. The van der Waals surface area contributed by atoms with Crippen LogP contribution in [-0.4, -0.2) is 19.5 Å². The van der Waals surface area contributed by atoms with E-state index in [2.05, 4.69) is 5.32 Å². The molecule has 0 aromatic carbocycles. The van der Waals surface area contributed by atoms with Crippen LogP contribution >= 0.6 is 0 Å². The highest BCUT2D eigenvalue weighted by Crippen LogP contribution is 2.36. The first-order valence-corrected chi connectivity index (χ1v) is 4.17. The van der Waals surface area contributed by atoms with Gasteiger partial charge in [-0.2, -0.15) is 0 Å². The molecule has 3 heteroatoms. The van der Waals surface area contributed by atoms with Gasteiger partial charge in [-0.1, -0.05) is 12.8 Å². The Labute approximate surface area is 67.3 Å². The predicted molar refractivity (Wildman–Crippen MR) is 44.0 cm³/mol. The molecule has 0 spiro atoms. The summed E-state index contributed by atoms with van der Waals surface area (Å²) in [6, 6.07) is 0. The molecule has 3 nitrogen and oxygen atoms in total. The fraction of sp³-hybridized carbons (Fsp3) is 0.875. The molecule has 1 saturated carbocycles. The summed E-state index contributed by atoms with van der Waals surface area (Å²) in [5.41, 5.74) is 5.36. The Morgan fingerprint density at radius 2 is 2.09 bits per heavy atom. The molecular formula is C8H16N2O. The molecule has 1 fully saturated rings. The van der Waals surface area contributed by atoms with Crippen molar-refractivity contribution in [3.8, 4) is 0 Å². The molecule has 0 aromatic rings. The van der Waals surface area contributed by atoms with Crippen LogP contribution in [0.25, 0.3) is 0 Å². The molecule has 0 radical (unpaired) electrons. The topological polar surface area (TPSA) is 55.1 Å². The van der Waals surface area contributed by atoms with E-state index in [1.807, 2.05) is 0 Å². The zero-order valence-corrected chi connectivity index (χ0v) is 7.02. The zero-order chi connectivity index (χ0) is 8.32. The van der Waals surface area contributed by atoms with Crippen LogP contribution in [0.4, 0.5) is 0 Å². The van der Waals surface area contributed by atoms with Gasteiger partial charge >= 0.3 is 0 Å². The number of carbonyl (C=O) groups is 1. The van der Waals surface area contributed by atoms with Crippen molar-refractivity contribution in [2.45, 2.75) is 25.7 Å². The largest absolute Gasteiger partial charge is 0.359 e. The van der Waals surface area contributed by atoms with Gasteiger partial charge in [-0.3, -0.25) is 4.79 Å². The molecule has 0 atom stereocenters. The molecule has 0 unspecified atom stereocenters. The Morgan fingerprint density at radius 1 is 1.55 bits per heavy atom. The molecule has 0 aromatic heterocycles. The Hall–Kier alpha value is -0.570. The summed E-state index contributed by atoms with van der Waals surface area (Å²) in [5.74, 6) is 0.123. The van der Waals surface area contributed by atoms with Gasteiger partial charge in [-0.15, -0.1) is 0 Å². The number of hydrogen-bond acceptors (Lipinski definition) is 2. The van der Waals surface area contributed by atoms with Crippen LogP contribution in [0.5, 0.6) is 0 Å². The Morgan fingerprint density at radius 3 is 2.45 bits per heavy atom. The number of carbonyl (C=O) groups excluding carboxylic acids is 1. The van der Waals surface area contributed by atoms with E-state index in [1.54, 1.807) is 7.05 Å². The summed E-state index contributed by atoms with van der Waals surface area (Å²) < 4.78 is 0. The predicted octanol–water partition coefficient (Wildman–Crippen LogP) is 0.251. The number of rotatable bonds is 2. The highest BCUT2D eigenvalue weighted by molar-refractivity contribution is 5.82. The van der Waals surface area contributed by atoms with Gasteiger partial charge in [-0.25, -0.2) is 0 Å². The third kappa shape index (κ3) is 1.38. The molecule has 0 saturated heterocycles. The van der Waals surface area contributed by atoms with Crippen molar-refractivity contribution in [3.05, 3.63) is 0 Å². The minimum Gasteiger partial charge on any atom is -0.359 e. The summed E-state index contributed by atoms with van der Waals surface area (Å²) in [7, 11) is 1.68. The van der Waals surface area contributed by atoms with Crippen molar-refractivity contribution in [1.82, 2.24) is 5.32 Å². The summed E-state index contributed by atoms with van der Waals surface area (Å²) in [5, 5.41) is 2.68. The van der Waals surface area contributed by atoms with Crippen LogP contribution in [0.2, 0.25) is 0 Å². The second kappa shape index (κ2) is 3.22. The van der Waals surface area contributed by atoms with Crippen LogP contribution in [0.3, 0.4) is 0 Å². The first kappa shape index (κ1) is 8.53. The van der Waals surface area contributed by atoms with Crippen molar-refractivity contribution in [1.29, 1.82) is 0 Å². The maximum absolute atomic E-state index is 11.4. The Balaban J connectivity index is 2.66. The van der Waals surface area contributed by atoms with Crippen LogP contribution in [-0.2, 0) is 4.79 Å². The third-order valence-corrected chi connectivity index (χ3v) is 2.66. The summed E-state index contributed by atoms with van der Waals surface area (Å²) in [6.07, 6.45) is 4.21. The van der Waals surface area contributed by atoms with E-state index in [4.69, 9.17) is 5.73 Å². The SMILES string of the molecule is CNC(=O)C1(CN)CCCC1. The number of amides is 1. The van der Waals surface area contributed by atoms with E-state index >= 15 is 0 Å². The Kier molecular flexibility index (Phi) is 2.49. The summed E-state index contributed by atoms with van der Waals surface area (Å²) in [4.78, 5) is 11.4. The quantitative estimate of drug-likeness (QED) is 0.602. The van der Waals surface area contributed by atoms with E-state index in [0.717, 1.165) is 25.7 Å². The molecule has 1 aliphatic carbocycles. The average Bonchev–Trinajstić information content (AvgIpc) is 2.52. The molecule has 1 rings (SSSR count). The number of hydrogen-bond donors (Lipinski definition) is 2. The lowest BCUT2D eigenvalue weighted by Crippen LogP contribution is -2.42. The third-order valence-electron chi connectivity index (χ3n) is 2.66. The van der Waals surface area contributed by atoms with Crippen LogP contribution in [0, 0.1) is 5.41 Å². The van der Waals surface area contributed by atoms with Crippen LogP contribution in [0.15, 0.2) is 0 Å². The van der Waals surface area contributed by atoms with E-state index < -0.39 is 0 Å². The number of nitrogens with two attached hydrogens (primary N) is 1. The van der Waals surface area contributed by atoms with Gasteiger partial charge in [-0.05, 0) is 12.8 Å². The van der Waals surface area contributed by atoms with Crippen molar-refractivity contribution >= 4 is 5.91 Å². The smallest absolute Gasteiger partial charge is 0.227 e. The monoisotopic (exact) mass is 156 g/mol. The second-order valence-electron chi connectivity index (χ2n) is 3.27. The molecular weight excluding hydrogens is 140 g/mol. The zero-order valence-electron chi connectivity index (χ0n) is 7.02. The lowest BCUT2D eigenvalue weighted by molar-refractivity contribution is -0.129. The molecule has 0 aliphatic heterocycles. The molecule has 11 heavy (non-hydrogen) atoms. The van der Waals surface area contributed by atoms with Gasteiger partial charge in [0.1, 0.15) is 0 Å². The fourth-order valence-electron chi connectivity index (χ4n) is 1.84. The van der Waals surface area contributed by atoms with Crippen LogP contribution < -0.4 is 11.1 Å². The first-order valence-electron chi connectivity index (χ1n) is 4.17. The van der Waals surface area contributed by atoms with Crippen molar-refractivity contribution in [3.63, 3.8) is 0 Å². The average molecular weight is 156 g/mol. The molecule has 64 valence electrons. The molecule has 0 heterocycles. The van der Waals surface area contributed by atoms with Crippen molar-refractivity contribution < 1.29 is 4.79 Å². The highest BCUT2D eigenvalue weighted by Gasteiger charge is 2.38. The van der Waals surface area contributed by atoms with Crippen LogP contribution in [0.1, 0.15) is 25.7 Å². The van der Waals surface area contributed by atoms with Crippen molar-refractivity contribution in [2.75, 3.05) is 13.6 Å². The molecule has 3 N–H and O–H groups in total. The minimum absolute atomic E-state index is 0.123. The van der Waals surface area contributed by atoms with Gasteiger partial charge in [0.05, 0.1) is 5.41 Å². The fourth-order valence-corrected chi connectivity index (χ4v) is 1.84. The standard InChI is InChI=1S/C8H16N2O/c1-10-7(11)8(6-9)4-2-3-5-8/h2-6,9H2,1H3,(H,10,11). The lowest BCUT2D eigenvalue weighted by Gasteiger charge is -2.24. The minimum atomic E-state index is -0.227. The van der Waals surface area contributed by atoms with Gasteiger partial charge < -0.3 is 11.1 Å². The highest BCUT2D eigenvalue weighted by atomic mass is 16.2. The number of nitrogens with one attached hydrogen (secondary N) is 1. The van der Waals surface area contributed by atoms with E-state index in [-0.39, 0.29) is 11.3 Å². The van der Waals surface area contributed by atoms with Gasteiger partial charge in [0.15, 0.2) is 0 Å². The van der Waals surface area contributed by atoms with E-state index in [0.29, 0.717) is 6.54 Å². The molecule has 1 amide bonds. The summed E-state index contributed by atoms with van der Waals surface area (Å²) in [6.45, 7) is 0.493. The van der Waals surface area contributed by atoms with Gasteiger partial charge in [0, 0.05) is 13.6 Å². The normalized spacial score (nSPS) is 21.6. The molecule has 0 bridgehead atoms. The second-order valence-corrected chi connectivity index (χ2v) is 3.27. The maximum Gasteiger partial charge on any atom is 0.227 e. The maximum atomic E-state index is 11.4. The van der Waals surface area contributed by atoms with Gasteiger partial charge in [0.25, 0.3) is 0 Å². The first-order chi connectivity index (χ1) is 5.25. The van der Waals surface area contributed by atoms with E-state index in [9.17, 15) is 4.79 Å². The van der Waals surface area contributed by atoms with Crippen molar-refractivity contribution in [2.24, 2.45) is 11.1 Å². The Bertz CT molecular complexity index is 150.